The van der Waals surface area contributed by atoms with Crippen molar-refractivity contribution >= 4 is 22.5 Å². The SMILES string of the molecule is CN(c1ccccn1)c1nc(-c2cncc(C(C)(C)O)c2)nc2cccc(-c3ccccc3)c12. The molecule has 0 aliphatic rings. The number of aromatic nitrogens is 4. The van der Waals surface area contributed by atoms with Crippen LogP contribution >= 0.6 is 0 Å². The van der Waals surface area contributed by atoms with Crippen molar-refractivity contribution in [2.45, 2.75) is 19.4 Å². The number of aliphatic hydroxyl groups is 1. The monoisotopic (exact) mass is 447 g/mol. The summed E-state index contributed by atoms with van der Waals surface area (Å²) in [6.07, 6.45) is 5.16. The van der Waals surface area contributed by atoms with Gasteiger partial charge in [0.2, 0.25) is 0 Å². The van der Waals surface area contributed by atoms with E-state index >= 15 is 0 Å². The van der Waals surface area contributed by atoms with Gasteiger partial charge in [0.25, 0.3) is 0 Å². The maximum absolute atomic E-state index is 10.5. The molecule has 0 spiro atoms. The molecule has 1 N–H and O–H groups in total. The van der Waals surface area contributed by atoms with E-state index in [0.29, 0.717) is 11.4 Å². The Morgan fingerprint density at radius 1 is 0.824 bits per heavy atom. The van der Waals surface area contributed by atoms with Crippen LogP contribution in [-0.4, -0.2) is 32.1 Å². The summed E-state index contributed by atoms with van der Waals surface area (Å²) in [7, 11) is 1.96. The Labute approximate surface area is 198 Å². The molecule has 0 saturated carbocycles. The number of benzene rings is 2. The number of fused-ring (bicyclic) bond motifs is 1. The second kappa shape index (κ2) is 8.65. The lowest BCUT2D eigenvalue weighted by molar-refractivity contribution is 0.0783. The van der Waals surface area contributed by atoms with E-state index in [1.165, 1.54) is 0 Å². The van der Waals surface area contributed by atoms with E-state index in [9.17, 15) is 5.11 Å². The van der Waals surface area contributed by atoms with Gasteiger partial charge in [0, 0.05) is 36.8 Å². The lowest BCUT2D eigenvalue weighted by Gasteiger charge is -2.22. The maximum atomic E-state index is 10.5. The fraction of sp³-hybridized carbons (Fsp3) is 0.143. The van der Waals surface area contributed by atoms with E-state index in [-0.39, 0.29) is 0 Å². The van der Waals surface area contributed by atoms with Gasteiger partial charge in [-0.2, -0.15) is 0 Å². The van der Waals surface area contributed by atoms with Crippen LogP contribution < -0.4 is 4.90 Å². The van der Waals surface area contributed by atoms with Crippen LogP contribution in [0.5, 0.6) is 0 Å². The highest BCUT2D eigenvalue weighted by Gasteiger charge is 2.21. The first-order chi connectivity index (χ1) is 16.4. The summed E-state index contributed by atoms with van der Waals surface area (Å²) in [6.45, 7) is 3.48. The lowest BCUT2D eigenvalue weighted by Crippen LogP contribution is -2.16. The number of anilines is 2. The van der Waals surface area contributed by atoms with Gasteiger partial charge in [0.1, 0.15) is 11.6 Å². The van der Waals surface area contributed by atoms with Crippen molar-refractivity contribution < 1.29 is 5.11 Å². The molecule has 6 heteroatoms. The average molecular weight is 448 g/mol. The van der Waals surface area contributed by atoms with E-state index in [1.807, 2.05) is 66.5 Å². The van der Waals surface area contributed by atoms with Gasteiger partial charge in [-0.1, -0.05) is 48.5 Å². The van der Waals surface area contributed by atoms with E-state index < -0.39 is 5.60 Å². The van der Waals surface area contributed by atoms with Crippen LogP contribution in [0.3, 0.4) is 0 Å². The van der Waals surface area contributed by atoms with Gasteiger partial charge in [-0.3, -0.25) is 4.98 Å². The van der Waals surface area contributed by atoms with Crippen LogP contribution in [0.1, 0.15) is 19.4 Å². The largest absolute Gasteiger partial charge is 0.386 e. The summed E-state index contributed by atoms with van der Waals surface area (Å²) in [4.78, 5) is 20.8. The summed E-state index contributed by atoms with van der Waals surface area (Å²) in [6, 6.07) is 24.0. The van der Waals surface area contributed by atoms with Gasteiger partial charge >= 0.3 is 0 Å². The van der Waals surface area contributed by atoms with Gasteiger partial charge in [-0.05, 0) is 49.2 Å². The van der Waals surface area contributed by atoms with Crippen LogP contribution in [0, 0.1) is 0 Å². The predicted molar refractivity (Wildman–Crippen MR) is 136 cm³/mol. The van der Waals surface area contributed by atoms with Crippen LogP contribution in [0.4, 0.5) is 11.6 Å². The highest BCUT2D eigenvalue weighted by atomic mass is 16.3. The van der Waals surface area contributed by atoms with Gasteiger partial charge < -0.3 is 10.0 Å². The topological polar surface area (TPSA) is 75.0 Å². The third-order valence-corrected chi connectivity index (χ3v) is 5.80. The van der Waals surface area contributed by atoms with Crippen molar-refractivity contribution in [3.05, 3.63) is 97.0 Å². The molecule has 168 valence electrons. The second-order valence-electron chi connectivity index (χ2n) is 8.70. The predicted octanol–water partition coefficient (Wildman–Crippen LogP) is 5.75. The van der Waals surface area contributed by atoms with Gasteiger partial charge in [0.15, 0.2) is 5.82 Å². The van der Waals surface area contributed by atoms with Crippen LogP contribution in [-0.2, 0) is 5.60 Å². The first-order valence-electron chi connectivity index (χ1n) is 11.1. The molecule has 3 heterocycles. The highest BCUT2D eigenvalue weighted by Crippen LogP contribution is 2.37. The van der Waals surface area contributed by atoms with Crippen molar-refractivity contribution in [1.82, 2.24) is 19.9 Å². The number of nitrogens with zero attached hydrogens (tertiary/aromatic N) is 5. The summed E-state index contributed by atoms with van der Waals surface area (Å²) in [5, 5.41) is 11.4. The van der Waals surface area contributed by atoms with Gasteiger partial charge in [-0.15, -0.1) is 0 Å². The molecular formula is C28H25N5O. The molecule has 0 aliphatic heterocycles. The van der Waals surface area contributed by atoms with E-state index in [0.717, 1.165) is 39.2 Å². The lowest BCUT2D eigenvalue weighted by atomic mass is 9.98. The molecule has 0 saturated heterocycles. The van der Waals surface area contributed by atoms with Crippen LogP contribution in [0.25, 0.3) is 33.4 Å². The van der Waals surface area contributed by atoms with Crippen LogP contribution in [0.15, 0.2) is 91.4 Å². The number of hydrogen-bond donors (Lipinski definition) is 1. The van der Waals surface area contributed by atoms with Gasteiger partial charge in [0.05, 0.1) is 16.5 Å². The molecule has 0 radical (unpaired) electrons. The fourth-order valence-corrected chi connectivity index (χ4v) is 3.95. The molecule has 0 unspecified atom stereocenters. The Morgan fingerprint density at radius 3 is 2.35 bits per heavy atom. The number of pyridine rings is 2. The molecule has 0 aliphatic carbocycles. The summed E-state index contributed by atoms with van der Waals surface area (Å²) in [5.41, 5.74) is 3.37. The number of hydrogen-bond acceptors (Lipinski definition) is 6. The molecule has 5 rings (SSSR count). The smallest absolute Gasteiger partial charge is 0.163 e. The molecule has 2 aromatic carbocycles. The Balaban J connectivity index is 1.78. The number of rotatable bonds is 5. The molecule has 5 aromatic rings. The minimum Gasteiger partial charge on any atom is -0.386 e. The van der Waals surface area contributed by atoms with Crippen molar-refractivity contribution in [2.24, 2.45) is 0 Å². The zero-order valence-electron chi connectivity index (χ0n) is 19.3. The molecule has 6 nitrogen and oxygen atoms in total. The van der Waals surface area contributed by atoms with Crippen molar-refractivity contribution in [3.8, 4) is 22.5 Å². The Hall–Kier alpha value is -4.16. The maximum Gasteiger partial charge on any atom is 0.163 e. The molecule has 0 bridgehead atoms. The second-order valence-corrected chi connectivity index (χ2v) is 8.70. The minimum atomic E-state index is -1.02. The molecule has 0 atom stereocenters. The normalized spacial score (nSPS) is 11.5. The summed E-state index contributed by atoms with van der Waals surface area (Å²) < 4.78 is 0. The minimum absolute atomic E-state index is 0.536. The third kappa shape index (κ3) is 4.11. The Morgan fingerprint density at radius 2 is 1.62 bits per heavy atom. The van der Waals surface area contributed by atoms with Gasteiger partial charge in [-0.25, -0.2) is 15.0 Å². The Kier molecular flexibility index (Phi) is 5.51. The molecule has 3 aromatic heterocycles. The summed E-state index contributed by atoms with van der Waals surface area (Å²) in [5.74, 6) is 2.06. The van der Waals surface area contributed by atoms with E-state index in [2.05, 4.69) is 28.2 Å². The van der Waals surface area contributed by atoms with Crippen molar-refractivity contribution in [1.29, 1.82) is 0 Å². The first kappa shape index (κ1) is 21.7. The summed E-state index contributed by atoms with van der Waals surface area (Å²) >= 11 is 0. The fourth-order valence-electron chi connectivity index (χ4n) is 3.95. The van der Waals surface area contributed by atoms with E-state index in [4.69, 9.17) is 9.97 Å². The quantitative estimate of drug-likeness (QED) is 0.370. The zero-order valence-corrected chi connectivity index (χ0v) is 19.3. The van der Waals surface area contributed by atoms with E-state index in [1.54, 1.807) is 32.4 Å². The highest BCUT2D eigenvalue weighted by molar-refractivity contribution is 6.03. The standard InChI is InChI=1S/C28H25N5O/c1-28(2,34)21-16-20(17-29-18-21)26-31-23-13-9-12-22(19-10-5-4-6-11-19)25(23)27(32-26)33(3)24-14-7-8-15-30-24/h4-18,34H,1-3H3. The molecule has 0 fully saturated rings. The third-order valence-electron chi connectivity index (χ3n) is 5.80. The average Bonchev–Trinajstić information content (AvgIpc) is 2.88. The molecular weight excluding hydrogens is 422 g/mol. The molecule has 34 heavy (non-hydrogen) atoms. The van der Waals surface area contributed by atoms with Crippen molar-refractivity contribution in [3.63, 3.8) is 0 Å². The van der Waals surface area contributed by atoms with Crippen molar-refractivity contribution in [2.75, 3.05) is 11.9 Å². The molecule has 0 amide bonds. The zero-order chi connectivity index (χ0) is 23.7. The first-order valence-corrected chi connectivity index (χ1v) is 11.1. The van der Waals surface area contributed by atoms with Crippen LogP contribution in [0.2, 0.25) is 0 Å². The Bertz CT molecular complexity index is 1450.